The van der Waals surface area contributed by atoms with Crippen LogP contribution in [0.1, 0.15) is 22.3 Å². The Labute approximate surface area is 121 Å². The molecular weight excluding hydrogens is 276 g/mol. The average Bonchev–Trinajstić information content (AvgIpc) is 2.45. The van der Waals surface area contributed by atoms with Crippen LogP contribution in [0.2, 0.25) is 0 Å². The lowest BCUT2D eigenvalue weighted by Gasteiger charge is -2.08. The summed E-state index contributed by atoms with van der Waals surface area (Å²) in [7, 11) is 0. The highest BCUT2D eigenvalue weighted by molar-refractivity contribution is 6.04. The molecule has 5 heteroatoms. The van der Waals surface area contributed by atoms with Crippen LogP contribution in [0.4, 0.5) is 14.5 Å². The van der Waals surface area contributed by atoms with E-state index in [0.717, 1.165) is 17.7 Å². The molecule has 0 aliphatic heterocycles. The second-order valence-electron chi connectivity index (χ2n) is 4.58. The van der Waals surface area contributed by atoms with Crippen molar-refractivity contribution in [3.63, 3.8) is 0 Å². The van der Waals surface area contributed by atoms with Gasteiger partial charge in [-0.15, -0.1) is 0 Å². The molecule has 0 bridgehead atoms. The van der Waals surface area contributed by atoms with Gasteiger partial charge in [-0.25, -0.2) is 8.78 Å². The molecule has 0 aliphatic carbocycles. The molecule has 110 valence electrons. The summed E-state index contributed by atoms with van der Waals surface area (Å²) in [4.78, 5) is 11.9. The fourth-order valence-electron chi connectivity index (χ4n) is 2.00. The molecule has 0 radical (unpaired) electrons. The maximum Gasteiger partial charge on any atom is 0.261 e. The number of aryl methyl sites for hydroxylation is 1. The first-order valence-electron chi connectivity index (χ1n) is 6.57. The lowest BCUT2D eigenvalue weighted by molar-refractivity contribution is 0.101. The van der Waals surface area contributed by atoms with E-state index in [1.807, 2.05) is 6.07 Å². The maximum absolute atomic E-state index is 13.5. The van der Waals surface area contributed by atoms with Crippen molar-refractivity contribution in [3.8, 4) is 0 Å². The minimum Gasteiger partial charge on any atom is -0.396 e. The van der Waals surface area contributed by atoms with Gasteiger partial charge in [-0.3, -0.25) is 4.79 Å². The molecule has 2 rings (SSSR count). The molecule has 0 atom stereocenters. The minimum atomic E-state index is -0.899. The van der Waals surface area contributed by atoms with Crippen LogP contribution in [0.25, 0.3) is 0 Å². The normalized spacial score (nSPS) is 10.4. The fourth-order valence-corrected chi connectivity index (χ4v) is 2.00. The molecule has 0 aliphatic rings. The minimum absolute atomic E-state index is 0.0804. The number of benzene rings is 2. The highest BCUT2D eigenvalue weighted by Crippen LogP contribution is 2.17. The predicted molar refractivity (Wildman–Crippen MR) is 76.2 cm³/mol. The summed E-state index contributed by atoms with van der Waals surface area (Å²) in [5.41, 5.74) is 0.784. The van der Waals surface area contributed by atoms with E-state index in [0.29, 0.717) is 18.5 Å². The van der Waals surface area contributed by atoms with E-state index in [-0.39, 0.29) is 6.61 Å². The van der Waals surface area contributed by atoms with Crippen molar-refractivity contribution in [1.29, 1.82) is 0 Å². The molecule has 2 aromatic rings. The topological polar surface area (TPSA) is 49.3 Å². The largest absolute Gasteiger partial charge is 0.396 e. The number of anilines is 1. The number of amides is 1. The Kier molecular flexibility index (Phi) is 5.00. The monoisotopic (exact) mass is 291 g/mol. The van der Waals surface area contributed by atoms with E-state index in [9.17, 15) is 13.6 Å². The van der Waals surface area contributed by atoms with E-state index >= 15 is 0 Å². The van der Waals surface area contributed by atoms with Gasteiger partial charge in [-0.1, -0.05) is 18.2 Å². The molecule has 0 fully saturated rings. The number of carbonyl (C=O) groups excluding carboxylic acids is 1. The van der Waals surface area contributed by atoms with E-state index in [1.165, 1.54) is 6.07 Å². The van der Waals surface area contributed by atoms with Crippen molar-refractivity contribution >= 4 is 11.6 Å². The molecule has 2 aromatic carbocycles. The number of hydrogen-bond donors (Lipinski definition) is 2. The summed E-state index contributed by atoms with van der Waals surface area (Å²) in [5.74, 6) is -2.63. The van der Waals surface area contributed by atoms with Crippen LogP contribution >= 0.6 is 0 Å². The van der Waals surface area contributed by atoms with Gasteiger partial charge in [0, 0.05) is 12.3 Å². The third kappa shape index (κ3) is 3.86. The van der Waals surface area contributed by atoms with Crippen molar-refractivity contribution in [3.05, 3.63) is 65.2 Å². The van der Waals surface area contributed by atoms with E-state index in [2.05, 4.69) is 5.32 Å². The molecule has 2 N–H and O–H groups in total. The zero-order valence-electron chi connectivity index (χ0n) is 11.3. The zero-order valence-corrected chi connectivity index (χ0v) is 11.3. The van der Waals surface area contributed by atoms with E-state index in [4.69, 9.17) is 5.11 Å². The summed E-state index contributed by atoms with van der Waals surface area (Å²) in [6, 6.07) is 10.2. The Balaban J connectivity index is 2.16. The van der Waals surface area contributed by atoms with Gasteiger partial charge in [0.25, 0.3) is 5.91 Å². The van der Waals surface area contributed by atoms with Gasteiger partial charge in [0.2, 0.25) is 0 Å². The van der Waals surface area contributed by atoms with Gasteiger partial charge in [0.05, 0.1) is 0 Å². The molecule has 0 heterocycles. The molecule has 3 nitrogen and oxygen atoms in total. The first kappa shape index (κ1) is 15.1. The lowest BCUT2D eigenvalue weighted by Crippen LogP contribution is -2.15. The number of hydrogen-bond acceptors (Lipinski definition) is 2. The van der Waals surface area contributed by atoms with Crippen LogP contribution in [0.5, 0.6) is 0 Å². The summed E-state index contributed by atoms with van der Waals surface area (Å²) >= 11 is 0. The summed E-state index contributed by atoms with van der Waals surface area (Å²) in [5, 5.41) is 11.3. The average molecular weight is 291 g/mol. The molecule has 0 saturated heterocycles. The number of halogens is 2. The van der Waals surface area contributed by atoms with Gasteiger partial charge in [-0.05, 0) is 42.7 Å². The summed E-state index contributed by atoms with van der Waals surface area (Å²) in [6.07, 6.45) is 1.27. The van der Waals surface area contributed by atoms with Crippen molar-refractivity contribution in [2.24, 2.45) is 0 Å². The van der Waals surface area contributed by atoms with Crippen LogP contribution in [-0.4, -0.2) is 17.6 Å². The fraction of sp³-hybridized carbons (Fsp3) is 0.188. The van der Waals surface area contributed by atoms with E-state index < -0.39 is 23.1 Å². The molecule has 0 saturated carbocycles. The smallest absolute Gasteiger partial charge is 0.261 e. The van der Waals surface area contributed by atoms with Crippen LogP contribution in [0, 0.1) is 11.6 Å². The van der Waals surface area contributed by atoms with Crippen LogP contribution < -0.4 is 5.32 Å². The third-order valence-electron chi connectivity index (χ3n) is 3.00. The Bertz CT molecular complexity index is 624. The lowest BCUT2D eigenvalue weighted by atomic mass is 10.1. The molecular formula is C16H15F2NO2. The van der Waals surface area contributed by atoms with Crippen molar-refractivity contribution in [2.75, 3.05) is 11.9 Å². The van der Waals surface area contributed by atoms with Gasteiger partial charge in [0.1, 0.15) is 17.2 Å². The highest BCUT2D eigenvalue weighted by atomic mass is 19.1. The number of aliphatic hydroxyl groups excluding tert-OH is 1. The van der Waals surface area contributed by atoms with Gasteiger partial charge in [0.15, 0.2) is 0 Å². The molecule has 21 heavy (non-hydrogen) atoms. The van der Waals surface area contributed by atoms with Gasteiger partial charge in [-0.2, -0.15) is 0 Å². The van der Waals surface area contributed by atoms with Crippen molar-refractivity contribution in [2.45, 2.75) is 12.8 Å². The zero-order chi connectivity index (χ0) is 15.2. The number of carbonyl (C=O) groups is 1. The standard InChI is InChI=1S/C16H15F2NO2/c17-13-7-2-8-14(18)15(13)16(21)19-12-6-1-4-11(10-12)5-3-9-20/h1-2,4,6-8,10,20H,3,5,9H2,(H,19,21). The van der Waals surface area contributed by atoms with Gasteiger partial charge < -0.3 is 10.4 Å². The number of aliphatic hydroxyl groups is 1. The Morgan fingerprint density at radius 3 is 2.43 bits per heavy atom. The Morgan fingerprint density at radius 2 is 1.76 bits per heavy atom. The summed E-state index contributed by atoms with van der Waals surface area (Å²) in [6.45, 7) is 0.0804. The molecule has 0 aromatic heterocycles. The van der Waals surface area contributed by atoms with E-state index in [1.54, 1.807) is 18.2 Å². The highest BCUT2D eigenvalue weighted by Gasteiger charge is 2.17. The van der Waals surface area contributed by atoms with Crippen LogP contribution in [0.15, 0.2) is 42.5 Å². The molecule has 0 spiro atoms. The van der Waals surface area contributed by atoms with Crippen LogP contribution in [-0.2, 0) is 6.42 Å². The molecule has 1 amide bonds. The van der Waals surface area contributed by atoms with Crippen molar-refractivity contribution < 1.29 is 18.7 Å². The predicted octanol–water partition coefficient (Wildman–Crippen LogP) is 3.14. The summed E-state index contributed by atoms with van der Waals surface area (Å²) < 4.78 is 27.0. The quantitative estimate of drug-likeness (QED) is 0.889. The van der Waals surface area contributed by atoms with Gasteiger partial charge >= 0.3 is 0 Å². The SMILES string of the molecule is O=C(Nc1cccc(CCCO)c1)c1c(F)cccc1F. The second-order valence-corrected chi connectivity index (χ2v) is 4.58. The maximum atomic E-state index is 13.5. The molecule has 0 unspecified atom stereocenters. The Hall–Kier alpha value is -2.27. The number of nitrogens with one attached hydrogen (secondary N) is 1. The number of rotatable bonds is 5. The first-order chi connectivity index (χ1) is 10.1. The van der Waals surface area contributed by atoms with Crippen LogP contribution in [0.3, 0.4) is 0 Å². The van der Waals surface area contributed by atoms with Crippen molar-refractivity contribution in [1.82, 2.24) is 0 Å². The Morgan fingerprint density at radius 1 is 1.10 bits per heavy atom. The second kappa shape index (κ2) is 6.95. The first-order valence-corrected chi connectivity index (χ1v) is 6.57. The third-order valence-corrected chi connectivity index (χ3v) is 3.00.